The fourth-order valence-electron chi connectivity index (χ4n) is 4.33. The molecule has 168 valence electrons. The zero-order valence-corrected chi connectivity index (χ0v) is 19.6. The summed E-state index contributed by atoms with van der Waals surface area (Å²) in [5.41, 5.74) is 4.66. The number of aromatic nitrogens is 1. The molecule has 2 heterocycles. The number of ether oxygens (including phenoxy) is 1. The number of para-hydroxylation sites is 1. The summed E-state index contributed by atoms with van der Waals surface area (Å²) < 4.78 is 6.24. The molecule has 5 heteroatoms. The predicted molar refractivity (Wildman–Crippen MR) is 138 cm³/mol. The molecule has 1 aliphatic heterocycles. The van der Waals surface area contributed by atoms with Gasteiger partial charge >= 0.3 is 0 Å². The highest BCUT2D eigenvalue weighted by atomic mass is 35.5. The van der Waals surface area contributed by atoms with Crippen LogP contribution in [0, 0.1) is 6.92 Å². The zero-order chi connectivity index (χ0) is 22.6. The summed E-state index contributed by atoms with van der Waals surface area (Å²) in [6, 6.07) is 26.8. The van der Waals surface area contributed by atoms with Gasteiger partial charge in [-0.1, -0.05) is 59.6 Å². The summed E-state index contributed by atoms with van der Waals surface area (Å²) in [5, 5.41) is 5.43. The van der Waals surface area contributed by atoms with E-state index in [0.29, 0.717) is 6.54 Å². The standard InChI is InChI=1S/C28H28ClN3O/c1-20-6-12-23(13-7-20)33-24-14-16-32(17-15-24)27-18-28(31-26-5-3-2-4-25(26)27)30-19-21-8-10-22(29)11-9-21/h2-13,18,24H,14-17,19H2,1H3,(H,30,31). The highest BCUT2D eigenvalue weighted by molar-refractivity contribution is 6.30. The van der Waals surface area contributed by atoms with Crippen molar-refractivity contribution in [3.63, 3.8) is 0 Å². The van der Waals surface area contributed by atoms with Gasteiger partial charge in [-0.15, -0.1) is 0 Å². The Kier molecular flexibility index (Phi) is 6.36. The smallest absolute Gasteiger partial charge is 0.129 e. The van der Waals surface area contributed by atoms with Gasteiger partial charge in [0.2, 0.25) is 0 Å². The quantitative estimate of drug-likeness (QED) is 0.343. The fourth-order valence-corrected chi connectivity index (χ4v) is 4.45. The Balaban J connectivity index is 1.30. The lowest BCUT2D eigenvalue weighted by molar-refractivity contribution is 0.171. The zero-order valence-electron chi connectivity index (χ0n) is 18.8. The number of nitrogens with one attached hydrogen (secondary N) is 1. The molecular formula is C28H28ClN3O. The Bertz CT molecular complexity index is 1220. The van der Waals surface area contributed by atoms with Crippen molar-refractivity contribution in [2.24, 2.45) is 0 Å². The molecule has 0 radical (unpaired) electrons. The third kappa shape index (κ3) is 5.23. The van der Waals surface area contributed by atoms with E-state index in [9.17, 15) is 0 Å². The third-order valence-corrected chi connectivity index (χ3v) is 6.44. The summed E-state index contributed by atoms with van der Waals surface area (Å²) in [6.45, 7) is 4.72. The number of piperidine rings is 1. The van der Waals surface area contributed by atoms with Crippen molar-refractivity contribution < 1.29 is 4.74 Å². The molecule has 0 bridgehead atoms. The highest BCUT2D eigenvalue weighted by Gasteiger charge is 2.22. The molecule has 0 unspecified atom stereocenters. The van der Waals surface area contributed by atoms with Crippen LogP contribution < -0.4 is 15.0 Å². The van der Waals surface area contributed by atoms with Crippen LogP contribution in [0.3, 0.4) is 0 Å². The van der Waals surface area contributed by atoms with Gasteiger partial charge in [-0.3, -0.25) is 0 Å². The van der Waals surface area contributed by atoms with Crippen molar-refractivity contribution in [2.45, 2.75) is 32.4 Å². The number of fused-ring (bicyclic) bond motifs is 1. The molecule has 1 aromatic heterocycles. The number of halogens is 1. The minimum absolute atomic E-state index is 0.250. The van der Waals surface area contributed by atoms with E-state index in [4.69, 9.17) is 21.3 Å². The molecule has 4 nitrogen and oxygen atoms in total. The molecule has 1 saturated heterocycles. The number of hydrogen-bond donors (Lipinski definition) is 1. The topological polar surface area (TPSA) is 37.4 Å². The lowest BCUT2D eigenvalue weighted by Crippen LogP contribution is -2.38. The summed E-state index contributed by atoms with van der Waals surface area (Å²) in [4.78, 5) is 7.32. The lowest BCUT2D eigenvalue weighted by Gasteiger charge is -2.34. The van der Waals surface area contributed by atoms with Crippen LogP contribution in [0.4, 0.5) is 11.5 Å². The van der Waals surface area contributed by atoms with Crippen LogP contribution in [-0.4, -0.2) is 24.2 Å². The third-order valence-electron chi connectivity index (χ3n) is 6.19. The van der Waals surface area contributed by atoms with Gasteiger partial charge in [-0.2, -0.15) is 0 Å². The molecule has 1 aliphatic rings. The Labute approximate surface area is 200 Å². The first-order valence-electron chi connectivity index (χ1n) is 11.5. The molecular weight excluding hydrogens is 430 g/mol. The number of rotatable bonds is 6. The molecule has 1 fully saturated rings. The summed E-state index contributed by atoms with van der Waals surface area (Å²) in [7, 11) is 0. The van der Waals surface area contributed by atoms with E-state index in [0.717, 1.165) is 48.0 Å². The number of benzene rings is 3. The fraction of sp³-hybridized carbons (Fsp3) is 0.250. The first-order valence-corrected chi connectivity index (χ1v) is 11.9. The van der Waals surface area contributed by atoms with E-state index in [2.05, 4.69) is 65.7 Å². The van der Waals surface area contributed by atoms with Crippen LogP contribution in [0.25, 0.3) is 10.9 Å². The van der Waals surface area contributed by atoms with Gasteiger partial charge in [-0.05, 0) is 42.8 Å². The van der Waals surface area contributed by atoms with Crippen LogP contribution in [0.2, 0.25) is 5.02 Å². The molecule has 0 amide bonds. The second-order valence-electron chi connectivity index (χ2n) is 8.64. The van der Waals surface area contributed by atoms with Crippen LogP contribution >= 0.6 is 11.6 Å². The van der Waals surface area contributed by atoms with Crippen LogP contribution in [-0.2, 0) is 6.54 Å². The van der Waals surface area contributed by atoms with E-state index in [-0.39, 0.29) is 6.10 Å². The minimum atomic E-state index is 0.250. The molecule has 0 aliphatic carbocycles. The van der Waals surface area contributed by atoms with E-state index >= 15 is 0 Å². The molecule has 5 rings (SSSR count). The van der Waals surface area contributed by atoms with E-state index in [1.54, 1.807) is 0 Å². The average Bonchev–Trinajstić information content (AvgIpc) is 2.85. The van der Waals surface area contributed by atoms with E-state index in [1.165, 1.54) is 22.2 Å². The number of aryl methyl sites for hydroxylation is 1. The Morgan fingerprint density at radius 2 is 1.70 bits per heavy atom. The maximum atomic E-state index is 6.24. The Morgan fingerprint density at radius 3 is 2.45 bits per heavy atom. The second-order valence-corrected chi connectivity index (χ2v) is 9.08. The lowest BCUT2D eigenvalue weighted by atomic mass is 10.0. The molecule has 3 aromatic carbocycles. The van der Waals surface area contributed by atoms with Crippen molar-refractivity contribution >= 4 is 34.0 Å². The SMILES string of the molecule is Cc1ccc(OC2CCN(c3cc(NCc4ccc(Cl)cc4)nc4ccccc34)CC2)cc1. The Hall–Kier alpha value is -3.24. The van der Waals surface area contributed by atoms with Gasteiger partial charge in [0.05, 0.1) is 5.52 Å². The maximum Gasteiger partial charge on any atom is 0.129 e. The average molecular weight is 458 g/mol. The minimum Gasteiger partial charge on any atom is -0.490 e. The van der Waals surface area contributed by atoms with Gasteiger partial charge in [-0.25, -0.2) is 4.98 Å². The summed E-state index contributed by atoms with van der Waals surface area (Å²) in [6.07, 6.45) is 2.25. The largest absolute Gasteiger partial charge is 0.490 e. The number of pyridine rings is 1. The van der Waals surface area contributed by atoms with Gasteiger partial charge in [0.15, 0.2) is 0 Å². The van der Waals surface area contributed by atoms with Crippen LogP contribution in [0.1, 0.15) is 24.0 Å². The summed E-state index contributed by atoms with van der Waals surface area (Å²) in [5.74, 6) is 1.85. The van der Waals surface area contributed by atoms with Crippen molar-refractivity contribution in [2.75, 3.05) is 23.3 Å². The van der Waals surface area contributed by atoms with Crippen LogP contribution in [0.5, 0.6) is 5.75 Å². The van der Waals surface area contributed by atoms with Crippen LogP contribution in [0.15, 0.2) is 78.9 Å². The first-order chi connectivity index (χ1) is 16.1. The van der Waals surface area contributed by atoms with E-state index in [1.807, 2.05) is 30.3 Å². The van der Waals surface area contributed by atoms with Crippen molar-refractivity contribution in [1.82, 2.24) is 4.98 Å². The molecule has 0 saturated carbocycles. The number of anilines is 2. The monoisotopic (exact) mass is 457 g/mol. The van der Waals surface area contributed by atoms with Crippen molar-refractivity contribution in [1.29, 1.82) is 0 Å². The predicted octanol–water partition coefficient (Wildman–Crippen LogP) is 6.86. The number of hydrogen-bond acceptors (Lipinski definition) is 4. The van der Waals surface area contributed by atoms with Crippen molar-refractivity contribution in [3.05, 3.63) is 95.0 Å². The van der Waals surface area contributed by atoms with Gasteiger partial charge < -0.3 is 15.0 Å². The summed E-state index contributed by atoms with van der Waals surface area (Å²) >= 11 is 6.02. The molecule has 4 aromatic rings. The molecule has 33 heavy (non-hydrogen) atoms. The normalized spacial score (nSPS) is 14.4. The molecule has 1 N–H and O–H groups in total. The van der Waals surface area contributed by atoms with Gasteiger partial charge in [0.25, 0.3) is 0 Å². The van der Waals surface area contributed by atoms with Gasteiger partial charge in [0.1, 0.15) is 17.7 Å². The molecule has 0 spiro atoms. The Morgan fingerprint density at radius 1 is 0.970 bits per heavy atom. The first kappa shape index (κ1) is 21.6. The van der Waals surface area contributed by atoms with Gasteiger partial charge in [0, 0.05) is 54.6 Å². The highest BCUT2D eigenvalue weighted by Crippen LogP contribution is 2.31. The second kappa shape index (κ2) is 9.72. The van der Waals surface area contributed by atoms with E-state index < -0.39 is 0 Å². The maximum absolute atomic E-state index is 6.24. The molecule has 0 atom stereocenters. The number of nitrogens with zero attached hydrogens (tertiary/aromatic N) is 2. The van der Waals surface area contributed by atoms with Crippen molar-refractivity contribution in [3.8, 4) is 5.75 Å².